The SMILES string of the molecule is Cc1ccc(N2CC(c3nc4ccccc4n3CCOc3cc(C)ccc3C(C)C)CC2=O)c(C)c1. The summed E-state index contributed by atoms with van der Waals surface area (Å²) < 4.78 is 8.59. The van der Waals surface area contributed by atoms with Crippen LogP contribution in [0.4, 0.5) is 5.69 Å². The molecule has 1 saturated heterocycles. The number of imidazole rings is 1. The molecule has 1 aliphatic rings. The van der Waals surface area contributed by atoms with Crippen molar-refractivity contribution in [1.29, 1.82) is 0 Å². The minimum Gasteiger partial charge on any atom is -0.491 e. The predicted octanol–water partition coefficient (Wildman–Crippen LogP) is 6.68. The number of aromatic nitrogens is 2. The first-order valence-electron chi connectivity index (χ1n) is 12.9. The first kappa shape index (κ1) is 24.1. The Labute approximate surface area is 213 Å². The summed E-state index contributed by atoms with van der Waals surface area (Å²) in [6.07, 6.45) is 0.465. The van der Waals surface area contributed by atoms with E-state index in [1.165, 1.54) is 16.7 Å². The predicted molar refractivity (Wildman–Crippen MR) is 146 cm³/mol. The molecule has 0 N–H and O–H groups in total. The summed E-state index contributed by atoms with van der Waals surface area (Å²) in [5.41, 5.74) is 7.80. The number of rotatable bonds is 7. The third kappa shape index (κ3) is 4.62. The highest BCUT2D eigenvalue weighted by atomic mass is 16.5. The van der Waals surface area contributed by atoms with Gasteiger partial charge in [0.25, 0.3) is 0 Å². The maximum absolute atomic E-state index is 13.1. The molecule has 186 valence electrons. The highest BCUT2D eigenvalue weighted by Crippen LogP contribution is 2.35. The Kier molecular flexibility index (Phi) is 6.57. The lowest BCUT2D eigenvalue weighted by molar-refractivity contribution is -0.117. The van der Waals surface area contributed by atoms with Gasteiger partial charge < -0.3 is 14.2 Å². The average Bonchev–Trinajstić information content (AvgIpc) is 3.39. The fourth-order valence-corrected chi connectivity index (χ4v) is 5.35. The molecule has 0 bridgehead atoms. The van der Waals surface area contributed by atoms with Crippen molar-refractivity contribution in [3.8, 4) is 5.75 Å². The summed E-state index contributed by atoms with van der Waals surface area (Å²) in [5, 5.41) is 0. The van der Waals surface area contributed by atoms with Crippen molar-refractivity contribution >= 4 is 22.6 Å². The summed E-state index contributed by atoms with van der Waals surface area (Å²) in [6, 6.07) is 20.9. The van der Waals surface area contributed by atoms with E-state index in [4.69, 9.17) is 9.72 Å². The number of anilines is 1. The van der Waals surface area contributed by atoms with Crippen LogP contribution in [-0.2, 0) is 11.3 Å². The van der Waals surface area contributed by atoms with Gasteiger partial charge in [0.1, 0.15) is 18.2 Å². The van der Waals surface area contributed by atoms with Crippen molar-refractivity contribution in [2.24, 2.45) is 0 Å². The number of para-hydroxylation sites is 2. The molecule has 0 saturated carbocycles. The molecule has 0 aliphatic carbocycles. The van der Waals surface area contributed by atoms with Gasteiger partial charge in [-0.1, -0.05) is 55.8 Å². The zero-order valence-corrected chi connectivity index (χ0v) is 21.9. The van der Waals surface area contributed by atoms with E-state index >= 15 is 0 Å². The van der Waals surface area contributed by atoms with Gasteiger partial charge in [-0.15, -0.1) is 0 Å². The minimum absolute atomic E-state index is 0.0378. The van der Waals surface area contributed by atoms with E-state index in [-0.39, 0.29) is 11.8 Å². The quantitative estimate of drug-likeness (QED) is 0.296. The zero-order valence-electron chi connectivity index (χ0n) is 21.9. The normalized spacial score (nSPS) is 15.9. The third-order valence-electron chi connectivity index (χ3n) is 7.18. The van der Waals surface area contributed by atoms with Crippen LogP contribution in [0.25, 0.3) is 11.0 Å². The van der Waals surface area contributed by atoms with Crippen LogP contribution in [0.3, 0.4) is 0 Å². The number of ether oxygens (including phenoxy) is 1. The number of hydrogen-bond donors (Lipinski definition) is 0. The molecular formula is C31H35N3O2. The number of aryl methyl sites for hydroxylation is 3. The molecule has 2 heterocycles. The van der Waals surface area contributed by atoms with Gasteiger partial charge in [-0.3, -0.25) is 4.79 Å². The largest absolute Gasteiger partial charge is 0.491 e. The van der Waals surface area contributed by atoms with Gasteiger partial charge in [-0.05, 0) is 67.6 Å². The third-order valence-corrected chi connectivity index (χ3v) is 7.18. The topological polar surface area (TPSA) is 47.4 Å². The van der Waals surface area contributed by atoms with Crippen molar-refractivity contribution < 1.29 is 9.53 Å². The molecule has 1 atom stereocenters. The monoisotopic (exact) mass is 481 g/mol. The van der Waals surface area contributed by atoms with Crippen LogP contribution in [0.1, 0.15) is 60.2 Å². The molecule has 5 heteroatoms. The van der Waals surface area contributed by atoms with Crippen LogP contribution >= 0.6 is 0 Å². The summed E-state index contributed by atoms with van der Waals surface area (Å²) in [6.45, 7) is 12.5. The molecule has 1 unspecified atom stereocenters. The Balaban J connectivity index is 1.41. The summed E-state index contributed by atoms with van der Waals surface area (Å²) in [4.78, 5) is 20.1. The van der Waals surface area contributed by atoms with E-state index in [2.05, 4.69) is 81.7 Å². The first-order chi connectivity index (χ1) is 17.3. The van der Waals surface area contributed by atoms with Crippen LogP contribution in [-0.4, -0.2) is 28.6 Å². The summed E-state index contributed by atoms with van der Waals surface area (Å²) in [5.74, 6) is 2.51. The lowest BCUT2D eigenvalue weighted by Gasteiger charge is -2.20. The van der Waals surface area contributed by atoms with Crippen LogP contribution < -0.4 is 9.64 Å². The molecular weight excluding hydrogens is 446 g/mol. The molecule has 1 amide bonds. The number of amides is 1. The molecule has 1 aliphatic heterocycles. The summed E-state index contributed by atoms with van der Waals surface area (Å²) >= 11 is 0. The van der Waals surface area contributed by atoms with Crippen LogP contribution in [0.5, 0.6) is 5.75 Å². The molecule has 5 rings (SSSR count). The van der Waals surface area contributed by atoms with Gasteiger partial charge in [0.2, 0.25) is 5.91 Å². The second kappa shape index (κ2) is 9.81. The number of nitrogens with zero attached hydrogens (tertiary/aromatic N) is 3. The lowest BCUT2D eigenvalue weighted by Crippen LogP contribution is -2.25. The standard InChI is InChI=1S/C31H35N3O2/c1-20(2)25-12-10-22(4)17-29(25)36-15-14-33-28-9-7-6-8-26(28)32-31(33)24-18-30(35)34(19-24)27-13-11-21(3)16-23(27)5/h6-13,16-17,20,24H,14-15,18-19H2,1-5H3. The van der Waals surface area contributed by atoms with E-state index in [9.17, 15) is 4.79 Å². The second-order valence-electron chi connectivity index (χ2n) is 10.4. The number of carbonyl (C=O) groups excluding carboxylic acids is 1. The average molecular weight is 482 g/mol. The maximum Gasteiger partial charge on any atom is 0.227 e. The van der Waals surface area contributed by atoms with Gasteiger partial charge in [0, 0.05) is 24.6 Å². The Morgan fingerprint density at radius 1 is 1.00 bits per heavy atom. The van der Waals surface area contributed by atoms with Crippen molar-refractivity contribution in [2.45, 2.75) is 59.4 Å². The van der Waals surface area contributed by atoms with Crippen molar-refractivity contribution in [3.05, 3.63) is 88.7 Å². The maximum atomic E-state index is 13.1. The zero-order chi connectivity index (χ0) is 25.4. The Morgan fingerprint density at radius 3 is 2.53 bits per heavy atom. The van der Waals surface area contributed by atoms with Crippen molar-refractivity contribution in [2.75, 3.05) is 18.1 Å². The molecule has 0 radical (unpaired) electrons. The number of hydrogen-bond acceptors (Lipinski definition) is 3. The number of carbonyl (C=O) groups is 1. The van der Waals surface area contributed by atoms with Gasteiger partial charge in [-0.25, -0.2) is 4.98 Å². The number of benzene rings is 3. The highest BCUT2D eigenvalue weighted by molar-refractivity contribution is 5.97. The fraction of sp³-hybridized carbons (Fsp3) is 0.355. The highest BCUT2D eigenvalue weighted by Gasteiger charge is 2.35. The molecule has 4 aromatic rings. The summed E-state index contributed by atoms with van der Waals surface area (Å²) in [7, 11) is 0. The second-order valence-corrected chi connectivity index (χ2v) is 10.4. The lowest BCUT2D eigenvalue weighted by atomic mass is 10.0. The Hall–Kier alpha value is -3.60. The van der Waals surface area contributed by atoms with E-state index in [0.29, 0.717) is 32.0 Å². The van der Waals surface area contributed by atoms with Crippen molar-refractivity contribution in [3.63, 3.8) is 0 Å². The molecule has 3 aromatic carbocycles. The Bertz CT molecular complexity index is 1420. The smallest absolute Gasteiger partial charge is 0.227 e. The van der Waals surface area contributed by atoms with Gasteiger partial charge in [0.15, 0.2) is 0 Å². The molecule has 5 nitrogen and oxygen atoms in total. The van der Waals surface area contributed by atoms with E-state index in [0.717, 1.165) is 33.9 Å². The van der Waals surface area contributed by atoms with Gasteiger partial charge >= 0.3 is 0 Å². The minimum atomic E-state index is 0.0378. The van der Waals surface area contributed by atoms with E-state index < -0.39 is 0 Å². The Morgan fingerprint density at radius 2 is 1.75 bits per heavy atom. The molecule has 36 heavy (non-hydrogen) atoms. The molecule has 1 aromatic heterocycles. The van der Waals surface area contributed by atoms with Crippen LogP contribution in [0.2, 0.25) is 0 Å². The van der Waals surface area contributed by atoms with Gasteiger partial charge in [-0.2, -0.15) is 0 Å². The first-order valence-corrected chi connectivity index (χ1v) is 12.9. The molecule has 1 fully saturated rings. The van der Waals surface area contributed by atoms with Gasteiger partial charge in [0.05, 0.1) is 17.6 Å². The fourth-order valence-electron chi connectivity index (χ4n) is 5.35. The van der Waals surface area contributed by atoms with E-state index in [1.807, 2.05) is 23.1 Å². The van der Waals surface area contributed by atoms with Crippen LogP contribution in [0, 0.1) is 20.8 Å². The van der Waals surface area contributed by atoms with Crippen molar-refractivity contribution in [1.82, 2.24) is 9.55 Å². The number of fused-ring (bicyclic) bond motifs is 1. The van der Waals surface area contributed by atoms with E-state index in [1.54, 1.807) is 0 Å². The molecule has 0 spiro atoms. The van der Waals surface area contributed by atoms with Crippen LogP contribution in [0.15, 0.2) is 60.7 Å².